The van der Waals surface area contributed by atoms with Crippen LogP contribution in [0.2, 0.25) is 0 Å². The third-order valence-corrected chi connectivity index (χ3v) is 7.36. The van der Waals surface area contributed by atoms with Gasteiger partial charge >= 0.3 is 0 Å². The Hall–Kier alpha value is -2.25. The van der Waals surface area contributed by atoms with Crippen molar-refractivity contribution in [1.82, 2.24) is 15.5 Å². The first-order valence-corrected chi connectivity index (χ1v) is 11.8. The molecule has 7 nitrogen and oxygen atoms in total. The Kier molecular flexibility index (Phi) is 6.67. The average Bonchev–Trinajstić information content (AvgIpc) is 3.08. The fraction of sp³-hybridized carbons (Fsp3) is 0.640. The summed E-state index contributed by atoms with van der Waals surface area (Å²) in [4.78, 5) is 38.1. The van der Waals surface area contributed by atoms with E-state index in [1.54, 1.807) is 12.0 Å². The van der Waals surface area contributed by atoms with Gasteiger partial charge in [0.25, 0.3) is 5.91 Å². The van der Waals surface area contributed by atoms with Crippen molar-refractivity contribution in [2.75, 3.05) is 7.11 Å². The molecular formula is C25H35N3O4. The number of benzene rings is 1. The summed E-state index contributed by atoms with van der Waals surface area (Å²) in [6.45, 7) is 5.53. The number of piperidine rings is 1. The Balaban J connectivity index is 1.30. The largest absolute Gasteiger partial charge is 0.379 e. The summed E-state index contributed by atoms with van der Waals surface area (Å²) >= 11 is 0. The monoisotopic (exact) mass is 441 g/mol. The minimum atomic E-state index is -0.563. The number of fused-ring (bicyclic) bond motifs is 1. The summed E-state index contributed by atoms with van der Waals surface area (Å²) in [5.41, 5.74) is 2.74. The fourth-order valence-corrected chi connectivity index (χ4v) is 5.35. The molecule has 2 heterocycles. The molecule has 2 N–H and O–H groups in total. The lowest BCUT2D eigenvalue weighted by atomic mass is 9.80. The topological polar surface area (TPSA) is 87.7 Å². The maximum absolute atomic E-state index is 12.8. The molecule has 1 aliphatic carbocycles. The van der Waals surface area contributed by atoms with Crippen LogP contribution < -0.4 is 10.6 Å². The second-order valence-electron chi connectivity index (χ2n) is 10.2. The van der Waals surface area contributed by atoms with Crippen LogP contribution in [0.25, 0.3) is 0 Å². The molecule has 1 saturated carbocycles. The SMILES string of the molecule is COC(C)(C)CC1CCC(NCc2ccc3c(c2)CN(C2CCC(=O)NC2=O)C3=O)CC1. The van der Waals surface area contributed by atoms with Crippen LogP contribution in [0.3, 0.4) is 0 Å². The molecule has 0 aromatic heterocycles. The predicted molar refractivity (Wildman–Crippen MR) is 121 cm³/mol. The smallest absolute Gasteiger partial charge is 0.255 e. The van der Waals surface area contributed by atoms with Gasteiger partial charge in [-0.1, -0.05) is 12.1 Å². The summed E-state index contributed by atoms with van der Waals surface area (Å²) < 4.78 is 5.59. The maximum Gasteiger partial charge on any atom is 0.255 e. The van der Waals surface area contributed by atoms with Gasteiger partial charge < -0.3 is 15.0 Å². The minimum Gasteiger partial charge on any atom is -0.379 e. The number of ether oxygens (including phenoxy) is 1. The summed E-state index contributed by atoms with van der Waals surface area (Å²) in [5, 5.41) is 6.04. The molecular weight excluding hydrogens is 406 g/mol. The van der Waals surface area contributed by atoms with Crippen molar-refractivity contribution >= 4 is 17.7 Å². The first kappa shape index (κ1) is 22.9. The molecule has 3 aliphatic rings. The highest BCUT2D eigenvalue weighted by Crippen LogP contribution is 2.32. The molecule has 3 amide bonds. The molecule has 0 radical (unpaired) electrons. The molecule has 174 valence electrons. The van der Waals surface area contributed by atoms with Gasteiger partial charge in [-0.25, -0.2) is 0 Å². The van der Waals surface area contributed by atoms with Gasteiger partial charge in [0.15, 0.2) is 0 Å². The molecule has 1 aromatic carbocycles. The molecule has 1 saturated heterocycles. The summed E-state index contributed by atoms with van der Waals surface area (Å²) in [5.74, 6) is -0.0208. The summed E-state index contributed by atoms with van der Waals surface area (Å²) in [6, 6.07) is 5.92. The van der Waals surface area contributed by atoms with E-state index in [0.29, 0.717) is 24.6 Å². The van der Waals surface area contributed by atoms with Crippen molar-refractivity contribution in [1.29, 1.82) is 0 Å². The Morgan fingerprint density at radius 2 is 1.88 bits per heavy atom. The van der Waals surface area contributed by atoms with Crippen molar-refractivity contribution in [2.45, 2.75) is 89.6 Å². The molecule has 1 unspecified atom stereocenters. The van der Waals surface area contributed by atoms with Crippen molar-refractivity contribution in [3.63, 3.8) is 0 Å². The molecule has 7 heteroatoms. The van der Waals surface area contributed by atoms with Crippen LogP contribution in [0.4, 0.5) is 0 Å². The second kappa shape index (κ2) is 9.32. The molecule has 0 spiro atoms. The van der Waals surface area contributed by atoms with E-state index in [1.807, 2.05) is 12.1 Å². The van der Waals surface area contributed by atoms with Gasteiger partial charge in [0.1, 0.15) is 6.04 Å². The van der Waals surface area contributed by atoms with Crippen LogP contribution in [-0.4, -0.2) is 47.4 Å². The van der Waals surface area contributed by atoms with Gasteiger partial charge in [-0.2, -0.15) is 0 Å². The van der Waals surface area contributed by atoms with E-state index in [4.69, 9.17) is 4.74 Å². The van der Waals surface area contributed by atoms with Crippen LogP contribution in [-0.2, 0) is 27.4 Å². The quantitative estimate of drug-likeness (QED) is 0.636. The number of imide groups is 1. The number of hydrogen-bond donors (Lipinski definition) is 2. The van der Waals surface area contributed by atoms with Crippen molar-refractivity contribution in [2.24, 2.45) is 5.92 Å². The van der Waals surface area contributed by atoms with Gasteiger partial charge in [0, 0.05) is 38.2 Å². The lowest BCUT2D eigenvalue weighted by Crippen LogP contribution is -2.52. The van der Waals surface area contributed by atoms with E-state index in [9.17, 15) is 14.4 Å². The van der Waals surface area contributed by atoms with Gasteiger partial charge in [-0.3, -0.25) is 19.7 Å². The Labute approximate surface area is 190 Å². The van der Waals surface area contributed by atoms with E-state index in [1.165, 1.54) is 25.7 Å². The second-order valence-corrected chi connectivity index (χ2v) is 10.2. The summed E-state index contributed by atoms with van der Waals surface area (Å²) in [7, 11) is 1.79. The first-order chi connectivity index (χ1) is 15.3. The van der Waals surface area contributed by atoms with Crippen molar-refractivity contribution in [3.8, 4) is 0 Å². The molecule has 0 bridgehead atoms. The zero-order valence-electron chi connectivity index (χ0n) is 19.4. The minimum absolute atomic E-state index is 0.0471. The lowest BCUT2D eigenvalue weighted by molar-refractivity contribution is -0.136. The van der Waals surface area contributed by atoms with E-state index >= 15 is 0 Å². The third-order valence-electron chi connectivity index (χ3n) is 7.36. The number of methoxy groups -OCH3 is 1. The zero-order valence-corrected chi connectivity index (χ0v) is 19.4. The molecule has 1 atom stereocenters. The Morgan fingerprint density at radius 3 is 2.56 bits per heavy atom. The van der Waals surface area contributed by atoms with Crippen LogP contribution in [0, 0.1) is 5.92 Å². The molecule has 2 aliphatic heterocycles. The van der Waals surface area contributed by atoms with Gasteiger partial charge in [0.05, 0.1) is 5.60 Å². The van der Waals surface area contributed by atoms with E-state index in [0.717, 1.165) is 30.0 Å². The lowest BCUT2D eigenvalue weighted by Gasteiger charge is -2.34. The van der Waals surface area contributed by atoms with Crippen LogP contribution in [0.15, 0.2) is 18.2 Å². The zero-order chi connectivity index (χ0) is 22.9. The summed E-state index contributed by atoms with van der Waals surface area (Å²) in [6.07, 6.45) is 6.58. The third kappa shape index (κ3) is 5.04. The van der Waals surface area contributed by atoms with Crippen LogP contribution in [0.1, 0.15) is 80.3 Å². The first-order valence-electron chi connectivity index (χ1n) is 11.8. The highest BCUT2D eigenvalue weighted by molar-refractivity contribution is 6.05. The van der Waals surface area contributed by atoms with E-state index in [2.05, 4.69) is 30.5 Å². The highest BCUT2D eigenvalue weighted by Gasteiger charge is 2.39. The molecule has 4 rings (SSSR count). The Bertz CT molecular complexity index is 889. The van der Waals surface area contributed by atoms with Crippen LogP contribution in [0.5, 0.6) is 0 Å². The van der Waals surface area contributed by atoms with E-state index in [-0.39, 0.29) is 29.7 Å². The van der Waals surface area contributed by atoms with Crippen molar-refractivity contribution < 1.29 is 19.1 Å². The number of carbonyl (C=O) groups is 3. The standard InChI is InChI=1S/C25H35N3O4/c1-25(2,32-3)13-16-4-7-19(8-5-16)26-14-17-6-9-20-18(12-17)15-28(24(20)31)21-10-11-22(29)27-23(21)30/h6,9,12,16,19,21,26H,4-5,7-8,10-11,13-15H2,1-3H3,(H,27,29,30). The average molecular weight is 442 g/mol. The highest BCUT2D eigenvalue weighted by atomic mass is 16.5. The van der Waals surface area contributed by atoms with Crippen LogP contribution >= 0.6 is 0 Å². The van der Waals surface area contributed by atoms with Gasteiger partial charge in [-0.05, 0) is 75.5 Å². The maximum atomic E-state index is 12.8. The molecule has 1 aromatic rings. The number of carbonyl (C=O) groups excluding carboxylic acids is 3. The number of hydrogen-bond acceptors (Lipinski definition) is 5. The van der Waals surface area contributed by atoms with Crippen molar-refractivity contribution in [3.05, 3.63) is 34.9 Å². The Morgan fingerprint density at radius 1 is 1.12 bits per heavy atom. The van der Waals surface area contributed by atoms with Gasteiger partial charge in [0.2, 0.25) is 11.8 Å². The van der Waals surface area contributed by atoms with E-state index < -0.39 is 6.04 Å². The normalized spacial score (nSPS) is 26.3. The number of rotatable bonds is 7. The number of amides is 3. The number of nitrogens with zero attached hydrogens (tertiary/aromatic N) is 1. The van der Waals surface area contributed by atoms with Gasteiger partial charge in [-0.15, -0.1) is 0 Å². The fourth-order valence-electron chi connectivity index (χ4n) is 5.35. The number of nitrogens with one attached hydrogen (secondary N) is 2. The molecule has 32 heavy (non-hydrogen) atoms. The molecule has 2 fully saturated rings. The predicted octanol–water partition coefficient (Wildman–Crippen LogP) is 2.91.